The second kappa shape index (κ2) is 11.5. The first-order chi connectivity index (χ1) is 25.5. The number of anilines is 6. The van der Waals surface area contributed by atoms with Crippen LogP contribution in [0.2, 0.25) is 0 Å². The molecule has 260 valence electrons. The molecule has 0 fully saturated rings. The van der Waals surface area contributed by atoms with E-state index in [0.29, 0.717) is 0 Å². The number of nitrogens with zero attached hydrogens (tertiary/aromatic N) is 2. The van der Waals surface area contributed by atoms with Crippen LogP contribution in [-0.2, 0) is 10.8 Å². The fraction of sp³-hybridized carbons (Fsp3) is 0.224. The van der Waals surface area contributed by atoms with E-state index in [4.69, 9.17) is 0 Å². The lowest BCUT2D eigenvalue weighted by atomic mass is 9.36. The average Bonchev–Trinajstić information content (AvgIpc) is 3.57. The molecule has 0 saturated carbocycles. The van der Waals surface area contributed by atoms with Crippen molar-refractivity contribution in [2.45, 2.75) is 72.1 Å². The zero-order chi connectivity index (χ0) is 36.4. The summed E-state index contributed by atoms with van der Waals surface area (Å²) in [5, 5.41) is 2.57. The van der Waals surface area contributed by atoms with Gasteiger partial charge >= 0.3 is 0 Å². The second-order valence-electron chi connectivity index (χ2n) is 17.0. The number of rotatable bonds is 3. The molecule has 0 N–H and O–H groups in total. The van der Waals surface area contributed by atoms with Crippen LogP contribution in [0.3, 0.4) is 0 Å². The smallest absolute Gasteiger partial charge is 0.264 e. The molecule has 1 aliphatic carbocycles. The lowest BCUT2D eigenvalue weighted by Gasteiger charge is -2.45. The molecule has 2 aliphatic heterocycles. The summed E-state index contributed by atoms with van der Waals surface area (Å²) in [7, 11) is 0. The maximum Gasteiger partial charge on any atom is 0.264 e. The van der Waals surface area contributed by atoms with Gasteiger partial charge in [0, 0.05) is 37.8 Å². The number of hydrogen-bond acceptors (Lipinski definition) is 3. The van der Waals surface area contributed by atoms with Crippen molar-refractivity contribution in [1.29, 1.82) is 0 Å². The van der Waals surface area contributed by atoms with Gasteiger partial charge in [-0.3, -0.25) is 0 Å². The predicted molar refractivity (Wildman–Crippen MR) is 231 cm³/mol. The number of thiophene rings is 1. The van der Waals surface area contributed by atoms with Gasteiger partial charge in [-0.15, -0.1) is 0 Å². The van der Waals surface area contributed by atoms with Gasteiger partial charge in [-0.2, -0.15) is 11.3 Å². The summed E-state index contributed by atoms with van der Waals surface area (Å²) in [5.41, 5.74) is 18.6. The Morgan fingerprint density at radius 3 is 1.96 bits per heavy atom. The first kappa shape index (κ1) is 32.6. The van der Waals surface area contributed by atoms with Gasteiger partial charge in [0.1, 0.15) is 0 Å². The standard InChI is InChI=1S/C49H45BN2S/c1-30-17-20-34(21-18-30)51-40-23-19-31(2)27-38(40)50-44-41(51)28-32(3)29-42(44)52(45-43-46(53-47(45)50)49(6,7)26-25-48(43,4)5)39-24-22-35(33-13-9-8-10-14-33)36-15-11-12-16-37(36)39/h8-24,27-29H,25-26H2,1-7H3. The third-order valence-corrected chi connectivity index (χ3v) is 14.0. The van der Waals surface area contributed by atoms with Crippen molar-refractivity contribution in [3.8, 4) is 11.1 Å². The molecule has 0 radical (unpaired) electrons. The molecule has 0 saturated heterocycles. The Morgan fingerprint density at radius 2 is 1.21 bits per heavy atom. The minimum absolute atomic E-state index is 0.0369. The molecule has 53 heavy (non-hydrogen) atoms. The van der Waals surface area contributed by atoms with Gasteiger partial charge in [0.2, 0.25) is 0 Å². The minimum Gasteiger partial charge on any atom is -0.311 e. The van der Waals surface area contributed by atoms with Crippen LogP contribution in [0, 0.1) is 20.8 Å². The summed E-state index contributed by atoms with van der Waals surface area (Å²) >= 11 is 2.10. The van der Waals surface area contributed by atoms with Crippen molar-refractivity contribution in [1.82, 2.24) is 0 Å². The van der Waals surface area contributed by atoms with Gasteiger partial charge in [-0.25, -0.2) is 0 Å². The largest absolute Gasteiger partial charge is 0.311 e. The molecule has 0 spiro atoms. The van der Waals surface area contributed by atoms with Crippen LogP contribution in [-0.4, -0.2) is 6.71 Å². The lowest BCUT2D eigenvalue weighted by molar-refractivity contribution is 0.339. The maximum absolute atomic E-state index is 2.71. The maximum atomic E-state index is 2.71. The van der Waals surface area contributed by atoms with Crippen LogP contribution < -0.4 is 25.5 Å². The predicted octanol–water partition coefficient (Wildman–Crippen LogP) is 11.9. The van der Waals surface area contributed by atoms with E-state index in [1.807, 2.05) is 0 Å². The van der Waals surface area contributed by atoms with E-state index < -0.39 is 0 Å². The third kappa shape index (κ3) is 4.77. The third-order valence-electron chi connectivity index (χ3n) is 12.4. The molecule has 6 aromatic carbocycles. The highest BCUT2D eigenvalue weighted by Crippen LogP contribution is 2.57. The highest BCUT2D eigenvalue weighted by Gasteiger charge is 2.50. The van der Waals surface area contributed by atoms with E-state index in [1.54, 1.807) is 10.4 Å². The Balaban J connectivity index is 1.35. The van der Waals surface area contributed by atoms with Crippen molar-refractivity contribution in [2.24, 2.45) is 0 Å². The summed E-state index contributed by atoms with van der Waals surface area (Å²) in [4.78, 5) is 6.81. The molecule has 2 nitrogen and oxygen atoms in total. The van der Waals surface area contributed by atoms with Crippen LogP contribution in [0.4, 0.5) is 34.1 Å². The number of benzene rings is 6. The molecule has 0 atom stereocenters. The SMILES string of the molecule is Cc1ccc(N2c3ccc(C)cc3B3c4sc5c(c4N(c4ccc(-c6ccccc6)c6ccccc46)c4cc(C)cc2c43)C(C)(C)CCC5(C)C)cc1. The van der Waals surface area contributed by atoms with Crippen LogP contribution in [0.15, 0.2) is 121 Å². The first-order valence-corrected chi connectivity index (χ1v) is 20.0. The van der Waals surface area contributed by atoms with E-state index in [9.17, 15) is 0 Å². The van der Waals surface area contributed by atoms with Gasteiger partial charge in [0.15, 0.2) is 0 Å². The van der Waals surface area contributed by atoms with Gasteiger partial charge in [0.05, 0.1) is 11.4 Å². The van der Waals surface area contributed by atoms with E-state index in [-0.39, 0.29) is 17.5 Å². The first-order valence-electron chi connectivity index (χ1n) is 19.2. The fourth-order valence-electron chi connectivity index (χ4n) is 9.61. The number of fused-ring (bicyclic) bond motifs is 7. The summed E-state index contributed by atoms with van der Waals surface area (Å²) in [6.45, 7) is 16.8. The Kier molecular flexibility index (Phi) is 7.05. The fourth-order valence-corrected chi connectivity index (χ4v) is 11.3. The Labute approximate surface area is 318 Å². The van der Waals surface area contributed by atoms with Crippen LogP contribution in [0.1, 0.15) is 67.7 Å². The van der Waals surface area contributed by atoms with E-state index >= 15 is 0 Å². The monoisotopic (exact) mass is 704 g/mol. The van der Waals surface area contributed by atoms with Crippen LogP contribution in [0.5, 0.6) is 0 Å². The van der Waals surface area contributed by atoms with Gasteiger partial charge in [-0.05, 0) is 119 Å². The molecule has 10 rings (SSSR count). The normalized spacial score (nSPS) is 16.2. The molecule has 1 aromatic heterocycles. The Morgan fingerprint density at radius 1 is 0.566 bits per heavy atom. The van der Waals surface area contributed by atoms with E-state index in [1.165, 1.54) is 101 Å². The summed E-state index contributed by atoms with van der Waals surface area (Å²) in [6, 6.07) is 45.9. The molecule has 0 unspecified atom stereocenters. The van der Waals surface area contributed by atoms with E-state index in [2.05, 4.69) is 191 Å². The van der Waals surface area contributed by atoms with Crippen LogP contribution >= 0.6 is 11.3 Å². The van der Waals surface area contributed by atoms with Gasteiger partial charge in [0.25, 0.3) is 6.71 Å². The van der Waals surface area contributed by atoms with Crippen molar-refractivity contribution in [3.63, 3.8) is 0 Å². The van der Waals surface area contributed by atoms with Crippen molar-refractivity contribution in [3.05, 3.63) is 148 Å². The van der Waals surface area contributed by atoms with Gasteiger partial charge in [-0.1, -0.05) is 124 Å². The average molecular weight is 705 g/mol. The Bertz CT molecular complexity index is 2610. The molecule has 3 heterocycles. The molecule has 7 aromatic rings. The quantitative estimate of drug-likeness (QED) is 0.169. The van der Waals surface area contributed by atoms with Crippen molar-refractivity contribution in [2.75, 3.05) is 9.80 Å². The summed E-state index contributed by atoms with van der Waals surface area (Å²) in [5.74, 6) is 0. The molecule has 0 bridgehead atoms. The highest BCUT2D eigenvalue weighted by molar-refractivity contribution is 7.29. The summed E-state index contributed by atoms with van der Waals surface area (Å²) < 4.78 is 1.49. The lowest BCUT2D eigenvalue weighted by Crippen LogP contribution is -2.60. The van der Waals surface area contributed by atoms with Gasteiger partial charge < -0.3 is 9.80 Å². The van der Waals surface area contributed by atoms with Crippen molar-refractivity contribution >= 4 is 78.6 Å². The number of hydrogen-bond donors (Lipinski definition) is 0. The zero-order valence-electron chi connectivity index (χ0n) is 31.8. The molecule has 0 amide bonds. The van der Waals surface area contributed by atoms with Crippen LogP contribution in [0.25, 0.3) is 21.9 Å². The Hall–Kier alpha value is -5.06. The minimum atomic E-state index is 0.0369. The second-order valence-corrected chi connectivity index (χ2v) is 18.1. The highest BCUT2D eigenvalue weighted by atomic mass is 32.1. The zero-order valence-corrected chi connectivity index (χ0v) is 32.7. The summed E-state index contributed by atoms with van der Waals surface area (Å²) in [6.07, 6.45) is 2.37. The van der Waals surface area contributed by atoms with Crippen molar-refractivity contribution < 1.29 is 0 Å². The topological polar surface area (TPSA) is 6.48 Å². The molecular formula is C49H45BN2S. The molecular weight excluding hydrogens is 659 g/mol. The number of aryl methyl sites for hydroxylation is 3. The molecule has 4 heteroatoms. The van der Waals surface area contributed by atoms with E-state index in [0.717, 1.165) is 0 Å². The molecule has 3 aliphatic rings.